The fourth-order valence-electron chi connectivity index (χ4n) is 1.98. The Labute approximate surface area is 102 Å². The zero-order valence-electron chi connectivity index (χ0n) is 8.14. The molecule has 80 valence electrons. The molecule has 0 saturated heterocycles. The van der Waals surface area contributed by atoms with Gasteiger partial charge in [-0.05, 0) is 18.2 Å². The van der Waals surface area contributed by atoms with E-state index in [0.29, 0.717) is 9.79 Å². The van der Waals surface area contributed by atoms with Gasteiger partial charge in [0.05, 0.1) is 9.79 Å². The quantitative estimate of drug-likeness (QED) is 0.638. The van der Waals surface area contributed by atoms with Crippen LogP contribution in [-0.2, 0) is 9.84 Å². The summed E-state index contributed by atoms with van der Waals surface area (Å²) in [7, 11) is -3.32. The molecule has 1 aliphatic rings. The van der Waals surface area contributed by atoms with E-state index in [-0.39, 0.29) is 0 Å². The van der Waals surface area contributed by atoms with Crippen LogP contribution in [0.1, 0.15) is 0 Å². The number of hydrogen-bond donors (Lipinski definition) is 0. The summed E-state index contributed by atoms with van der Waals surface area (Å²) in [4.78, 5) is 0.797. The van der Waals surface area contributed by atoms with Crippen molar-refractivity contribution < 1.29 is 8.42 Å². The molecule has 2 aromatic rings. The second-order valence-electron chi connectivity index (χ2n) is 3.64. The Balaban J connectivity index is 2.49. The average Bonchev–Trinajstić information content (AvgIpc) is 2.49. The molecule has 0 atom stereocenters. The van der Waals surface area contributed by atoms with Gasteiger partial charge in [0.15, 0.2) is 0 Å². The van der Waals surface area contributed by atoms with Crippen LogP contribution in [-0.4, -0.2) is 8.42 Å². The topological polar surface area (TPSA) is 34.1 Å². The van der Waals surface area contributed by atoms with Crippen molar-refractivity contribution in [2.45, 2.75) is 9.79 Å². The third kappa shape index (κ3) is 1.20. The van der Waals surface area contributed by atoms with Crippen LogP contribution in [0.25, 0.3) is 11.1 Å². The molecule has 16 heavy (non-hydrogen) atoms. The summed E-state index contributed by atoms with van der Waals surface area (Å²) in [6.07, 6.45) is 0. The molecule has 2 nitrogen and oxygen atoms in total. The number of sulfone groups is 1. The Kier molecular flexibility index (Phi) is 2.00. The van der Waals surface area contributed by atoms with Crippen LogP contribution in [0.3, 0.4) is 0 Å². The first-order valence-corrected chi connectivity index (χ1v) is 7.02. The van der Waals surface area contributed by atoms with Gasteiger partial charge in [-0.15, -0.1) is 0 Å². The number of fused-ring (bicyclic) bond motifs is 3. The minimum Gasteiger partial charge on any atom is -0.218 e. The summed E-state index contributed by atoms with van der Waals surface area (Å²) < 4.78 is 25.2. The molecule has 0 aromatic heterocycles. The van der Waals surface area contributed by atoms with Crippen molar-refractivity contribution in [3.8, 4) is 11.1 Å². The number of rotatable bonds is 0. The minimum absolute atomic E-state index is 0.392. The molecule has 0 fully saturated rings. The van der Waals surface area contributed by atoms with Gasteiger partial charge < -0.3 is 0 Å². The van der Waals surface area contributed by atoms with Gasteiger partial charge in [-0.3, -0.25) is 0 Å². The Bertz CT molecular complexity index is 690. The molecule has 1 aliphatic heterocycles. The smallest absolute Gasteiger partial charge is 0.207 e. The van der Waals surface area contributed by atoms with Crippen LogP contribution >= 0.6 is 15.9 Å². The Morgan fingerprint density at radius 1 is 0.875 bits per heavy atom. The SMILES string of the molecule is O=S1(=O)c2ccccc2-c2ccc(Br)cc21. The predicted molar refractivity (Wildman–Crippen MR) is 65.0 cm³/mol. The highest BCUT2D eigenvalue weighted by molar-refractivity contribution is 9.10. The predicted octanol–water partition coefficient (Wildman–Crippen LogP) is 3.26. The molecule has 0 unspecified atom stereocenters. The lowest BCUT2D eigenvalue weighted by Crippen LogP contribution is -1.96. The molecule has 0 bridgehead atoms. The normalized spacial score (nSPS) is 15.6. The third-order valence-corrected chi connectivity index (χ3v) is 5.04. The van der Waals surface area contributed by atoms with Crippen molar-refractivity contribution in [3.63, 3.8) is 0 Å². The molecule has 1 heterocycles. The van der Waals surface area contributed by atoms with Gasteiger partial charge in [-0.25, -0.2) is 8.42 Å². The van der Waals surface area contributed by atoms with Crippen LogP contribution in [0.2, 0.25) is 0 Å². The third-order valence-electron chi connectivity index (χ3n) is 2.70. The van der Waals surface area contributed by atoms with Crippen molar-refractivity contribution in [3.05, 3.63) is 46.9 Å². The van der Waals surface area contributed by atoms with Gasteiger partial charge in [0.25, 0.3) is 0 Å². The molecule has 2 aromatic carbocycles. The van der Waals surface area contributed by atoms with Crippen LogP contribution in [0.4, 0.5) is 0 Å². The molecule has 0 saturated carbocycles. The monoisotopic (exact) mass is 294 g/mol. The van der Waals surface area contributed by atoms with Crippen molar-refractivity contribution in [1.82, 2.24) is 0 Å². The number of halogens is 1. The highest BCUT2D eigenvalue weighted by Gasteiger charge is 2.32. The molecular weight excluding hydrogens is 288 g/mol. The van der Waals surface area contributed by atoms with Crippen molar-refractivity contribution >= 4 is 25.8 Å². The highest BCUT2D eigenvalue weighted by atomic mass is 79.9. The highest BCUT2D eigenvalue weighted by Crippen LogP contribution is 2.43. The first-order chi connectivity index (χ1) is 7.60. The molecular formula is C12H7BrO2S. The zero-order chi connectivity index (χ0) is 11.3. The van der Waals surface area contributed by atoms with Crippen molar-refractivity contribution in [1.29, 1.82) is 0 Å². The summed E-state index contributed by atoms with van der Waals surface area (Å²) in [5.41, 5.74) is 1.59. The van der Waals surface area contributed by atoms with E-state index in [0.717, 1.165) is 15.6 Å². The largest absolute Gasteiger partial charge is 0.218 e. The van der Waals surface area contributed by atoms with E-state index in [4.69, 9.17) is 0 Å². The lowest BCUT2D eigenvalue weighted by atomic mass is 10.1. The van der Waals surface area contributed by atoms with Gasteiger partial charge in [0, 0.05) is 15.6 Å². The number of hydrogen-bond acceptors (Lipinski definition) is 2. The van der Waals surface area contributed by atoms with E-state index in [1.165, 1.54) is 0 Å². The average molecular weight is 295 g/mol. The standard InChI is InChI=1S/C12H7BrO2S/c13-8-5-6-10-9-3-1-2-4-11(9)16(14,15)12(10)7-8/h1-7H. The lowest BCUT2D eigenvalue weighted by molar-refractivity contribution is 0.598. The molecule has 0 N–H and O–H groups in total. The molecule has 0 spiro atoms. The van der Waals surface area contributed by atoms with E-state index in [9.17, 15) is 8.42 Å². The molecule has 0 aliphatic carbocycles. The minimum atomic E-state index is -3.32. The molecule has 3 rings (SSSR count). The maximum absolute atomic E-state index is 12.2. The summed E-state index contributed by atoms with van der Waals surface area (Å²) in [6.45, 7) is 0. The van der Waals surface area contributed by atoms with Crippen molar-refractivity contribution in [2.75, 3.05) is 0 Å². The Morgan fingerprint density at radius 2 is 1.56 bits per heavy atom. The summed E-state index contributed by atoms with van der Waals surface area (Å²) in [5, 5.41) is 0. The van der Waals surface area contributed by atoms with E-state index >= 15 is 0 Å². The summed E-state index contributed by atoms with van der Waals surface area (Å²) in [5.74, 6) is 0. The van der Waals surface area contributed by atoms with Gasteiger partial charge in [-0.1, -0.05) is 40.2 Å². The van der Waals surface area contributed by atoms with Crippen LogP contribution < -0.4 is 0 Å². The Morgan fingerprint density at radius 3 is 2.38 bits per heavy atom. The molecule has 0 radical (unpaired) electrons. The molecule has 4 heteroatoms. The fourth-order valence-corrected chi connectivity index (χ4v) is 4.21. The van der Waals surface area contributed by atoms with Crippen LogP contribution in [0.15, 0.2) is 56.7 Å². The van der Waals surface area contributed by atoms with E-state index in [1.54, 1.807) is 18.2 Å². The van der Waals surface area contributed by atoms with E-state index < -0.39 is 9.84 Å². The lowest BCUT2D eigenvalue weighted by Gasteiger charge is -1.98. The maximum atomic E-state index is 12.2. The van der Waals surface area contributed by atoms with E-state index in [2.05, 4.69) is 15.9 Å². The van der Waals surface area contributed by atoms with Crippen LogP contribution in [0, 0.1) is 0 Å². The van der Waals surface area contributed by atoms with Gasteiger partial charge in [-0.2, -0.15) is 0 Å². The van der Waals surface area contributed by atoms with Crippen LogP contribution in [0.5, 0.6) is 0 Å². The first-order valence-electron chi connectivity index (χ1n) is 4.75. The zero-order valence-corrected chi connectivity index (χ0v) is 10.5. The van der Waals surface area contributed by atoms with Gasteiger partial charge >= 0.3 is 0 Å². The second kappa shape index (κ2) is 3.18. The second-order valence-corrected chi connectivity index (χ2v) is 6.44. The maximum Gasteiger partial charge on any atom is 0.207 e. The van der Waals surface area contributed by atoms with Gasteiger partial charge in [0.2, 0.25) is 9.84 Å². The first kappa shape index (κ1) is 10.1. The fraction of sp³-hybridized carbons (Fsp3) is 0. The van der Waals surface area contributed by atoms with Crippen molar-refractivity contribution in [2.24, 2.45) is 0 Å². The molecule has 0 amide bonds. The number of benzene rings is 2. The summed E-state index contributed by atoms with van der Waals surface area (Å²) in [6, 6.07) is 12.4. The Hall–Kier alpha value is -1.13. The summed E-state index contributed by atoms with van der Waals surface area (Å²) >= 11 is 3.30. The van der Waals surface area contributed by atoms with Gasteiger partial charge in [0.1, 0.15) is 0 Å². The van der Waals surface area contributed by atoms with E-state index in [1.807, 2.05) is 24.3 Å².